The molecule has 0 aliphatic carbocycles. The van der Waals surface area contributed by atoms with Crippen LogP contribution in [0, 0.1) is 0 Å². The maximum Gasteiger partial charge on any atom is 0.433 e. The minimum Gasteiger partial charge on any atom is -0.276 e. The Morgan fingerprint density at radius 3 is 2.26 bits per heavy atom. The summed E-state index contributed by atoms with van der Waals surface area (Å²) in [5, 5.41) is 0. The normalized spacial score (nSPS) is 12.1. The minimum atomic E-state index is -4.52. The molecule has 23 heavy (non-hydrogen) atoms. The van der Waals surface area contributed by atoms with Crippen LogP contribution in [0.2, 0.25) is 0 Å². The Morgan fingerprint density at radius 1 is 0.826 bits per heavy atom. The number of hydrogen-bond acceptors (Lipinski definition) is 2. The molecule has 3 nitrogen and oxygen atoms in total. The Kier molecular flexibility index (Phi) is 2.87. The lowest BCUT2D eigenvalue weighted by Crippen LogP contribution is -2.10. The third-order valence-electron chi connectivity index (χ3n) is 3.64. The van der Waals surface area contributed by atoms with Crippen LogP contribution in [-0.4, -0.2) is 14.4 Å². The molecule has 0 bridgehead atoms. The highest BCUT2D eigenvalue weighted by atomic mass is 19.4. The van der Waals surface area contributed by atoms with Crippen molar-refractivity contribution in [3.05, 3.63) is 66.4 Å². The summed E-state index contributed by atoms with van der Waals surface area (Å²) < 4.78 is 41.2. The van der Waals surface area contributed by atoms with Gasteiger partial charge in [0.15, 0.2) is 5.69 Å². The van der Waals surface area contributed by atoms with Crippen LogP contribution in [0.25, 0.3) is 28.1 Å². The average molecular weight is 313 g/mol. The summed E-state index contributed by atoms with van der Waals surface area (Å²) in [6, 6.07) is 17.2. The highest BCUT2D eigenvalue weighted by Crippen LogP contribution is 2.33. The second kappa shape index (κ2) is 4.81. The predicted octanol–water partition coefficient (Wildman–Crippen LogP) is 4.57. The maximum atomic E-state index is 13.2. The van der Waals surface area contributed by atoms with E-state index in [-0.39, 0.29) is 5.78 Å². The van der Waals surface area contributed by atoms with Gasteiger partial charge in [-0.1, -0.05) is 42.5 Å². The van der Waals surface area contributed by atoms with Crippen LogP contribution in [0.4, 0.5) is 13.2 Å². The van der Waals surface area contributed by atoms with Crippen LogP contribution in [0.5, 0.6) is 0 Å². The molecule has 0 aliphatic heterocycles. The first-order valence-electron chi connectivity index (χ1n) is 6.95. The first-order valence-corrected chi connectivity index (χ1v) is 6.95. The van der Waals surface area contributed by atoms with Crippen LogP contribution in [0.3, 0.4) is 0 Å². The van der Waals surface area contributed by atoms with E-state index < -0.39 is 11.9 Å². The van der Waals surface area contributed by atoms with E-state index in [1.807, 2.05) is 18.2 Å². The van der Waals surface area contributed by atoms with Gasteiger partial charge in [0.1, 0.15) is 0 Å². The summed E-state index contributed by atoms with van der Waals surface area (Å²) in [4.78, 5) is 7.92. The van der Waals surface area contributed by atoms with Crippen molar-refractivity contribution in [2.75, 3.05) is 0 Å². The van der Waals surface area contributed by atoms with Crippen molar-refractivity contribution in [3.63, 3.8) is 0 Å². The number of rotatable bonds is 1. The standard InChI is InChI=1S/C17H10F3N3/c18-17(19,20)15-10-14(11-6-2-1-3-7-11)23-13-9-5-4-8-12(13)21-16(23)22-15/h1-10H. The third-order valence-corrected chi connectivity index (χ3v) is 3.64. The van der Waals surface area contributed by atoms with Crippen molar-refractivity contribution in [2.24, 2.45) is 0 Å². The number of imidazole rings is 1. The molecule has 2 heterocycles. The molecule has 0 N–H and O–H groups in total. The topological polar surface area (TPSA) is 30.2 Å². The fourth-order valence-electron chi connectivity index (χ4n) is 2.63. The van der Waals surface area contributed by atoms with Crippen LogP contribution in [0.1, 0.15) is 5.69 Å². The quantitative estimate of drug-likeness (QED) is 0.515. The monoisotopic (exact) mass is 313 g/mol. The summed E-state index contributed by atoms with van der Waals surface area (Å²) in [5.41, 5.74) is 1.48. The van der Waals surface area contributed by atoms with E-state index in [2.05, 4.69) is 9.97 Å². The average Bonchev–Trinajstić information content (AvgIpc) is 2.92. The molecule has 2 aromatic carbocycles. The van der Waals surface area contributed by atoms with Crippen molar-refractivity contribution in [2.45, 2.75) is 6.18 Å². The largest absolute Gasteiger partial charge is 0.433 e. The van der Waals surface area contributed by atoms with Crippen LogP contribution in [0.15, 0.2) is 60.7 Å². The first kappa shape index (κ1) is 13.8. The number of halogens is 3. The number of para-hydroxylation sites is 2. The molecule has 0 fully saturated rings. The molecule has 4 rings (SSSR count). The zero-order chi connectivity index (χ0) is 16.0. The van der Waals surface area contributed by atoms with Gasteiger partial charge in [0, 0.05) is 0 Å². The Hall–Kier alpha value is -2.89. The first-order chi connectivity index (χ1) is 11.0. The number of benzene rings is 2. The van der Waals surface area contributed by atoms with Gasteiger partial charge in [-0.15, -0.1) is 0 Å². The predicted molar refractivity (Wildman–Crippen MR) is 80.9 cm³/mol. The van der Waals surface area contributed by atoms with Crippen LogP contribution < -0.4 is 0 Å². The molecule has 0 atom stereocenters. The molecule has 0 saturated carbocycles. The van der Waals surface area contributed by atoms with Gasteiger partial charge in [0.25, 0.3) is 0 Å². The lowest BCUT2D eigenvalue weighted by Gasteiger charge is -2.11. The van der Waals surface area contributed by atoms with Crippen molar-refractivity contribution >= 4 is 16.8 Å². The van der Waals surface area contributed by atoms with E-state index in [0.717, 1.165) is 11.6 Å². The second-order valence-corrected chi connectivity index (χ2v) is 5.13. The van der Waals surface area contributed by atoms with Gasteiger partial charge in [0.2, 0.25) is 5.78 Å². The molecule has 0 saturated heterocycles. The van der Waals surface area contributed by atoms with Crippen molar-refractivity contribution in [3.8, 4) is 11.3 Å². The number of aromatic nitrogens is 3. The Bertz CT molecular complexity index is 1000. The summed E-state index contributed by atoms with van der Waals surface area (Å²) in [7, 11) is 0. The molecule has 0 radical (unpaired) electrons. The van der Waals surface area contributed by atoms with Gasteiger partial charge in [-0.3, -0.25) is 4.40 Å². The van der Waals surface area contributed by atoms with Crippen molar-refractivity contribution < 1.29 is 13.2 Å². The fraction of sp³-hybridized carbons (Fsp3) is 0.0588. The van der Waals surface area contributed by atoms with Gasteiger partial charge < -0.3 is 0 Å². The Balaban J connectivity index is 2.16. The zero-order valence-electron chi connectivity index (χ0n) is 11.7. The maximum absolute atomic E-state index is 13.2. The van der Waals surface area contributed by atoms with Crippen molar-refractivity contribution in [1.82, 2.24) is 14.4 Å². The molecular weight excluding hydrogens is 303 g/mol. The molecule has 6 heteroatoms. The van der Waals surface area contributed by atoms with Crippen LogP contribution >= 0.6 is 0 Å². The van der Waals surface area contributed by atoms with Crippen molar-refractivity contribution in [1.29, 1.82) is 0 Å². The highest BCUT2D eigenvalue weighted by Gasteiger charge is 2.34. The van der Waals surface area contributed by atoms with E-state index in [1.165, 1.54) is 0 Å². The molecular formula is C17H10F3N3. The lowest BCUT2D eigenvalue weighted by molar-refractivity contribution is -0.141. The summed E-state index contributed by atoms with van der Waals surface area (Å²) in [5.74, 6) is 0.0416. The molecule has 0 amide bonds. The Labute approximate surface area is 129 Å². The molecule has 0 aliphatic rings. The number of nitrogens with zero attached hydrogens (tertiary/aromatic N) is 3. The molecule has 0 unspecified atom stereocenters. The SMILES string of the molecule is FC(F)(F)c1cc(-c2ccccc2)n2c(n1)nc1ccccc12. The van der Waals surface area contributed by atoms with Gasteiger partial charge in [0.05, 0.1) is 16.7 Å². The van der Waals surface area contributed by atoms with E-state index in [9.17, 15) is 13.2 Å². The molecule has 0 spiro atoms. The number of fused-ring (bicyclic) bond motifs is 3. The summed E-state index contributed by atoms with van der Waals surface area (Å²) in [6.07, 6.45) is -4.52. The van der Waals surface area contributed by atoms with E-state index in [4.69, 9.17) is 0 Å². The van der Waals surface area contributed by atoms with Gasteiger partial charge in [-0.2, -0.15) is 13.2 Å². The van der Waals surface area contributed by atoms with E-state index >= 15 is 0 Å². The molecule has 4 aromatic rings. The van der Waals surface area contributed by atoms with E-state index in [1.54, 1.807) is 40.8 Å². The van der Waals surface area contributed by atoms with Gasteiger partial charge in [-0.25, -0.2) is 9.97 Å². The van der Waals surface area contributed by atoms with Gasteiger partial charge in [-0.05, 0) is 23.8 Å². The lowest BCUT2D eigenvalue weighted by atomic mass is 10.1. The minimum absolute atomic E-state index is 0.0416. The third kappa shape index (κ3) is 2.23. The molecule has 2 aromatic heterocycles. The smallest absolute Gasteiger partial charge is 0.276 e. The van der Waals surface area contributed by atoms with E-state index in [0.29, 0.717) is 16.8 Å². The second-order valence-electron chi connectivity index (χ2n) is 5.13. The number of hydrogen-bond donors (Lipinski definition) is 0. The fourth-order valence-corrected chi connectivity index (χ4v) is 2.63. The zero-order valence-corrected chi connectivity index (χ0v) is 11.7. The van der Waals surface area contributed by atoms with Crippen LogP contribution in [-0.2, 0) is 6.18 Å². The Morgan fingerprint density at radius 2 is 1.52 bits per heavy atom. The summed E-state index contributed by atoms with van der Waals surface area (Å²) >= 11 is 0. The summed E-state index contributed by atoms with van der Waals surface area (Å²) in [6.45, 7) is 0. The van der Waals surface area contributed by atoms with Gasteiger partial charge >= 0.3 is 6.18 Å². The number of alkyl halides is 3. The highest BCUT2D eigenvalue weighted by molar-refractivity contribution is 5.82. The molecule has 114 valence electrons.